The first-order valence-corrected chi connectivity index (χ1v) is 10.6. The number of likely N-dealkylation sites (tertiary alicyclic amines) is 1. The van der Waals surface area contributed by atoms with Crippen molar-refractivity contribution < 1.29 is 28.7 Å². The Morgan fingerprint density at radius 3 is 2.32 bits per heavy atom. The van der Waals surface area contributed by atoms with Gasteiger partial charge in [0, 0.05) is 33.1 Å². The molecule has 3 aliphatic heterocycles. The van der Waals surface area contributed by atoms with Crippen LogP contribution in [0.2, 0.25) is 0 Å². The smallest absolute Gasteiger partial charge is 0.262 e. The molecule has 4 amide bonds. The van der Waals surface area contributed by atoms with Crippen LogP contribution in [-0.4, -0.2) is 73.1 Å². The Morgan fingerprint density at radius 1 is 1.00 bits per heavy atom. The number of benzene rings is 1. The molecule has 1 unspecified atom stereocenters. The van der Waals surface area contributed by atoms with Crippen LogP contribution >= 0.6 is 0 Å². The van der Waals surface area contributed by atoms with Crippen LogP contribution in [0.4, 0.5) is 0 Å². The molecule has 0 saturated carbocycles. The summed E-state index contributed by atoms with van der Waals surface area (Å²) < 4.78 is 10.8. The number of ether oxygens (including phenoxy) is 2. The minimum absolute atomic E-state index is 0.109. The fourth-order valence-corrected chi connectivity index (χ4v) is 4.74. The summed E-state index contributed by atoms with van der Waals surface area (Å²) in [7, 11) is 3.31. The number of fused-ring (bicyclic) bond motifs is 1. The number of nitrogens with one attached hydrogen (secondary N) is 1. The molecule has 0 spiro atoms. The number of piperidine rings is 2. The lowest BCUT2D eigenvalue weighted by Crippen LogP contribution is -2.54. The number of carbonyl (C=O) groups is 4. The monoisotopic (exact) mass is 429 g/mol. The third-order valence-electron chi connectivity index (χ3n) is 6.39. The lowest BCUT2D eigenvalue weighted by molar-refractivity contribution is -0.147. The number of amides is 4. The number of rotatable bonds is 6. The van der Waals surface area contributed by atoms with Crippen molar-refractivity contribution in [3.8, 4) is 0 Å². The molecule has 3 heterocycles. The van der Waals surface area contributed by atoms with Crippen molar-refractivity contribution in [2.75, 3.05) is 27.3 Å². The van der Waals surface area contributed by atoms with Crippen LogP contribution in [0.3, 0.4) is 0 Å². The molecule has 31 heavy (non-hydrogen) atoms. The number of hydrogen-bond donors (Lipinski definition) is 1. The van der Waals surface area contributed by atoms with E-state index in [1.807, 2.05) is 6.07 Å². The van der Waals surface area contributed by atoms with Crippen molar-refractivity contribution in [2.45, 2.75) is 44.6 Å². The van der Waals surface area contributed by atoms with E-state index in [4.69, 9.17) is 9.47 Å². The van der Waals surface area contributed by atoms with E-state index >= 15 is 0 Å². The summed E-state index contributed by atoms with van der Waals surface area (Å²) >= 11 is 0. The average molecular weight is 429 g/mol. The van der Waals surface area contributed by atoms with Gasteiger partial charge in [0.25, 0.3) is 11.8 Å². The van der Waals surface area contributed by atoms with Gasteiger partial charge in [-0.05, 0) is 50.0 Å². The van der Waals surface area contributed by atoms with E-state index in [1.54, 1.807) is 26.4 Å². The second kappa shape index (κ2) is 8.86. The highest BCUT2D eigenvalue weighted by molar-refractivity contribution is 6.23. The first-order valence-electron chi connectivity index (χ1n) is 10.6. The normalized spacial score (nSPS) is 22.9. The second-order valence-corrected chi connectivity index (χ2v) is 8.28. The fraction of sp³-hybridized carbons (Fsp3) is 0.545. The summed E-state index contributed by atoms with van der Waals surface area (Å²) in [5.74, 6) is -1.58. The minimum atomic E-state index is -0.943. The molecule has 9 nitrogen and oxygen atoms in total. The van der Waals surface area contributed by atoms with Gasteiger partial charge in [-0.25, -0.2) is 0 Å². The molecule has 0 aromatic heterocycles. The molecule has 0 aliphatic carbocycles. The Morgan fingerprint density at radius 2 is 1.68 bits per heavy atom. The molecule has 2 saturated heterocycles. The summed E-state index contributed by atoms with van der Waals surface area (Å²) in [6, 6.07) is 4.33. The largest absolute Gasteiger partial charge is 0.356 e. The van der Waals surface area contributed by atoms with E-state index in [0.717, 1.165) is 36.4 Å². The molecular formula is C22H27N3O6. The molecule has 0 bridgehead atoms. The highest BCUT2D eigenvalue weighted by Crippen LogP contribution is 2.29. The summed E-state index contributed by atoms with van der Waals surface area (Å²) in [6.45, 7) is 2.45. The van der Waals surface area contributed by atoms with Crippen molar-refractivity contribution in [3.05, 3.63) is 34.9 Å². The molecule has 166 valence electrons. The third-order valence-corrected chi connectivity index (χ3v) is 6.39. The highest BCUT2D eigenvalue weighted by Gasteiger charge is 2.44. The van der Waals surface area contributed by atoms with Crippen molar-refractivity contribution in [2.24, 2.45) is 5.92 Å². The summed E-state index contributed by atoms with van der Waals surface area (Å²) in [4.78, 5) is 52.6. The van der Waals surface area contributed by atoms with Crippen LogP contribution in [0.25, 0.3) is 0 Å². The zero-order valence-corrected chi connectivity index (χ0v) is 17.8. The molecular weight excluding hydrogens is 402 g/mol. The molecule has 1 aromatic carbocycles. The summed E-state index contributed by atoms with van der Waals surface area (Å²) in [6.07, 6.45) is 1.99. The van der Waals surface area contributed by atoms with E-state index in [0.29, 0.717) is 23.6 Å². The van der Waals surface area contributed by atoms with E-state index in [9.17, 15) is 19.2 Å². The molecule has 1 aromatic rings. The van der Waals surface area contributed by atoms with E-state index in [1.165, 1.54) is 0 Å². The Balaban J connectivity index is 1.43. The third kappa shape index (κ3) is 4.13. The Labute approximate surface area is 180 Å². The van der Waals surface area contributed by atoms with Crippen molar-refractivity contribution in [1.82, 2.24) is 15.1 Å². The predicted molar refractivity (Wildman–Crippen MR) is 109 cm³/mol. The van der Waals surface area contributed by atoms with Crippen LogP contribution in [0, 0.1) is 5.92 Å². The van der Waals surface area contributed by atoms with Crippen LogP contribution in [0.15, 0.2) is 18.2 Å². The summed E-state index contributed by atoms with van der Waals surface area (Å²) in [5, 5.41) is 2.21. The average Bonchev–Trinajstić information content (AvgIpc) is 3.00. The molecule has 2 fully saturated rings. The Hall–Kier alpha value is -2.62. The zero-order chi connectivity index (χ0) is 22.1. The van der Waals surface area contributed by atoms with Gasteiger partial charge in [-0.3, -0.25) is 34.3 Å². The van der Waals surface area contributed by atoms with Gasteiger partial charge < -0.3 is 9.47 Å². The standard InChI is InChI=1S/C22H27N3O6/c1-30-22(31-2)14-7-9-24(10-8-14)12-13-3-4-15-16(11-13)21(29)25(20(15)28)17-5-6-18(26)23-19(17)27/h3-4,11,14,17,22H,5-10,12H2,1-2H3,(H,23,26,27). The van der Waals surface area contributed by atoms with Gasteiger partial charge >= 0.3 is 0 Å². The molecule has 1 N–H and O–H groups in total. The highest BCUT2D eigenvalue weighted by atomic mass is 16.7. The van der Waals surface area contributed by atoms with Crippen LogP contribution in [0.1, 0.15) is 52.0 Å². The first kappa shape index (κ1) is 21.6. The van der Waals surface area contributed by atoms with Crippen LogP contribution < -0.4 is 5.32 Å². The lowest BCUT2D eigenvalue weighted by atomic mass is 9.95. The number of carbonyl (C=O) groups excluding carboxylic acids is 4. The Kier molecular flexibility index (Phi) is 6.17. The van der Waals surface area contributed by atoms with Gasteiger partial charge in [-0.2, -0.15) is 0 Å². The molecule has 9 heteroatoms. The van der Waals surface area contributed by atoms with Gasteiger partial charge in [-0.1, -0.05) is 6.07 Å². The Bertz CT molecular complexity index is 905. The topological polar surface area (TPSA) is 105 Å². The van der Waals surface area contributed by atoms with Gasteiger partial charge in [0.05, 0.1) is 11.1 Å². The van der Waals surface area contributed by atoms with E-state index in [-0.39, 0.29) is 25.0 Å². The maximum absolute atomic E-state index is 13.0. The van der Waals surface area contributed by atoms with E-state index < -0.39 is 23.8 Å². The van der Waals surface area contributed by atoms with Gasteiger partial charge in [-0.15, -0.1) is 0 Å². The van der Waals surface area contributed by atoms with Crippen LogP contribution in [-0.2, 0) is 25.6 Å². The first-order chi connectivity index (χ1) is 14.9. The zero-order valence-electron chi connectivity index (χ0n) is 17.8. The summed E-state index contributed by atoms with van der Waals surface area (Å²) in [5.41, 5.74) is 1.57. The number of imide groups is 2. The van der Waals surface area contributed by atoms with Crippen molar-refractivity contribution in [3.63, 3.8) is 0 Å². The fourth-order valence-electron chi connectivity index (χ4n) is 4.74. The van der Waals surface area contributed by atoms with Gasteiger partial charge in [0.1, 0.15) is 6.04 Å². The predicted octanol–water partition coefficient (Wildman–Crippen LogP) is 0.919. The minimum Gasteiger partial charge on any atom is -0.356 e. The number of nitrogens with zero attached hydrogens (tertiary/aromatic N) is 2. The van der Waals surface area contributed by atoms with Crippen molar-refractivity contribution in [1.29, 1.82) is 0 Å². The quantitative estimate of drug-likeness (QED) is 0.530. The maximum atomic E-state index is 13.0. The molecule has 0 radical (unpaired) electrons. The van der Waals surface area contributed by atoms with Gasteiger partial charge in [0.15, 0.2) is 6.29 Å². The number of methoxy groups -OCH3 is 2. The molecule has 3 aliphatic rings. The molecule has 1 atom stereocenters. The van der Waals surface area contributed by atoms with Gasteiger partial charge in [0.2, 0.25) is 11.8 Å². The van der Waals surface area contributed by atoms with Crippen LogP contribution in [0.5, 0.6) is 0 Å². The lowest BCUT2D eigenvalue weighted by Gasteiger charge is -2.34. The second-order valence-electron chi connectivity index (χ2n) is 8.28. The maximum Gasteiger partial charge on any atom is 0.262 e. The number of hydrogen-bond acceptors (Lipinski definition) is 7. The van der Waals surface area contributed by atoms with Crippen molar-refractivity contribution >= 4 is 23.6 Å². The van der Waals surface area contributed by atoms with E-state index in [2.05, 4.69) is 10.2 Å². The SMILES string of the molecule is COC(OC)C1CCN(Cc2ccc3c(c2)C(=O)N(C2CCC(=O)NC2=O)C3=O)CC1. The molecule has 4 rings (SSSR count).